The molecule has 0 aromatic heterocycles. The van der Waals surface area contributed by atoms with Gasteiger partial charge in [-0.3, -0.25) is 0 Å². The molecule has 0 aliphatic carbocycles. The van der Waals surface area contributed by atoms with E-state index in [0.29, 0.717) is 6.54 Å². The SMILES string of the molecule is Fc1cccc(Cl)c1NCc1ccc(C(F)F)cc1. The van der Waals surface area contributed by atoms with Crippen LogP contribution in [0.2, 0.25) is 5.02 Å². The molecule has 0 unspecified atom stereocenters. The lowest BCUT2D eigenvalue weighted by molar-refractivity contribution is 0.151. The topological polar surface area (TPSA) is 12.0 Å². The number of anilines is 1. The minimum absolute atomic E-state index is 0.0346. The van der Waals surface area contributed by atoms with Crippen molar-refractivity contribution in [3.63, 3.8) is 0 Å². The monoisotopic (exact) mass is 285 g/mol. The van der Waals surface area contributed by atoms with Crippen molar-refractivity contribution in [3.05, 3.63) is 64.4 Å². The van der Waals surface area contributed by atoms with E-state index in [-0.39, 0.29) is 16.3 Å². The van der Waals surface area contributed by atoms with E-state index in [1.54, 1.807) is 18.2 Å². The molecule has 0 saturated carbocycles. The molecule has 0 radical (unpaired) electrons. The van der Waals surface area contributed by atoms with E-state index in [2.05, 4.69) is 5.32 Å². The molecule has 0 atom stereocenters. The van der Waals surface area contributed by atoms with Crippen molar-refractivity contribution in [2.75, 3.05) is 5.32 Å². The number of para-hydroxylation sites is 1. The fraction of sp³-hybridized carbons (Fsp3) is 0.143. The lowest BCUT2D eigenvalue weighted by atomic mass is 10.1. The van der Waals surface area contributed by atoms with E-state index in [1.165, 1.54) is 24.3 Å². The molecule has 0 fully saturated rings. The second-order valence-corrected chi connectivity index (χ2v) is 4.40. The highest BCUT2D eigenvalue weighted by molar-refractivity contribution is 6.33. The first-order chi connectivity index (χ1) is 9.08. The smallest absolute Gasteiger partial charge is 0.263 e. The lowest BCUT2D eigenvalue weighted by Crippen LogP contribution is -2.02. The van der Waals surface area contributed by atoms with Gasteiger partial charge in [0.05, 0.1) is 10.7 Å². The van der Waals surface area contributed by atoms with Crippen LogP contribution in [0.25, 0.3) is 0 Å². The maximum atomic E-state index is 13.5. The second-order valence-electron chi connectivity index (χ2n) is 3.99. The Labute approximate surface area is 114 Å². The molecule has 0 saturated heterocycles. The van der Waals surface area contributed by atoms with E-state index in [9.17, 15) is 13.2 Å². The number of nitrogens with one attached hydrogen (secondary N) is 1. The Morgan fingerprint density at radius 1 is 1.05 bits per heavy atom. The van der Waals surface area contributed by atoms with Crippen LogP contribution in [0.15, 0.2) is 42.5 Å². The number of benzene rings is 2. The van der Waals surface area contributed by atoms with E-state index < -0.39 is 12.2 Å². The predicted octanol–water partition coefficient (Wildman–Crippen LogP) is 5.03. The maximum absolute atomic E-state index is 13.5. The summed E-state index contributed by atoms with van der Waals surface area (Å²) in [6, 6.07) is 10.2. The standard InChI is InChI=1S/C14H11ClF3N/c15-11-2-1-3-12(16)13(11)19-8-9-4-6-10(7-5-9)14(17)18/h1-7,14,19H,8H2. The first-order valence-electron chi connectivity index (χ1n) is 5.63. The Kier molecular flexibility index (Phi) is 4.32. The van der Waals surface area contributed by atoms with Crippen LogP contribution in [0.3, 0.4) is 0 Å². The number of rotatable bonds is 4. The molecule has 0 amide bonds. The number of halogens is 4. The summed E-state index contributed by atoms with van der Waals surface area (Å²) in [7, 11) is 0. The fourth-order valence-corrected chi connectivity index (χ4v) is 1.87. The van der Waals surface area contributed by atoms with Crippen LogP contribution < -0.4 is 5.32 Å². The van der Waals surface area contributed by atoms with Crippen molar-refractivity contribution in [2.24, 2.45) is 0 Å². The van der Waals surface area contributed by atoms with E-state index in [1.807, 2.05) is 0 Å². The Balaban J connectivity index is 2.06. The normalized spacial score (nSPS) is 10.8. The van der Waals surface area contributed by atoms with Gasteiger partial charge >= 0.3 is 0 Å². The molecule has 0 spiro atoms. The third-order valence-corrected chi connectivity index (χ3v) is 2.98. The molecule has 19 heavy (non-hydrogen) atoms. The highest BCUT2D eigenvalue weighted by Crippen LogP contribution is 2.25. The summed E-state index contributed by atoms with van der Waals surface area (Å²) in [6.07, 6.45) is -2.48. The number of hydrogen-bond donors (Lipinski definition) is 1. The Morgan fingerprint density at radius 3 is 2.32 bits per heavy atom. The molecular formula is C14H11ClF3N. The molecule has 0 aliphatic rings. The largest absolute Gasteiger partial charge is 0.377 e. The van der Waals surface area contributed by atoms with Gasteiger partial charge in [-0.15, -0.1) is 0 Å². The Hall–Kier alpha value is -1.68. The fourth-order valence-electron chi connectivity index (χ4n) is 1.64. The highest BCUT2D eigenvalue weighted by Gasteiger charge is 2.08. The van der Waals surface area contributed by atoms with Crippen molar-refractivity contribution in [1.82, 2.24) is 0 Å². The summed E-state index contributed by atoms with van der Waals surface area (Å²) in [5, 5.41) is 3.13. The first kappa shape index (κ1) is 13.7. The third kappa shape index (κ3) is 3.41. The summed E-state index contributed by atoms with van der Waals surface area (Å²) >= 11 is 5.86. The van der Waals surface area contributed by atoms with Gasteiger partial charge in [-0.25, -0.2) is 13.2 Å². The van der Waals surface area contributed by atoms with E-state index in [4.69, 9.17) is 11.6 Å². The predicted molar refractivity (Wildman–Crippen MR) is 70.1 cm³/mol. The zero-order chi connectivity index (χ0) is 13.8. The molecule has 5 heteroatoms. The van der Waals surface area contributed by atoms with Crippen LogP contribution in [0.4, 0.5) is 18.9 Å². The zero-order valence-corrected chi connectivity index (χ0v) is 10.6. The van der Waals surface area contributed by atoms with Gasteiger partial charge in [0, 0.05) is 12.1 Å². The van der Waals surface area contributed by atoms with Crippen molar-refractivity contribution >= 4 is 17.3 Å². The van der Waals surface area contributed by atoms with Crippen molar-refractivity contribution < 1.29 is 13.2 Å². The molecule has 2 aromatic rings. The number of alkyl halides is 2. The molecule has 0 bridgehead atoms. The minimum Gasteiger partial charge on any atom is -0.377 e. The molecule has 2 rings (SSSR count). The zero-order valence-electron chi connectivity index (χ0n) is 9.84. The minimum atomic E-state index is -2.48. The van der Waals surface area contributed by atoms with Gasteiger partial charge in [-0.05, 0) is 17.7 Å². The van der Waals surface area contributed by atoms with Crippen molar-refractivity contribution in [2.45, 2.75) is 13.0 Å². The molecule has 1 nitrogen and oxygen atoms in total. The molecule has 2 aromatic carbocycles. The average Bonchev–Trinajstić information content (AvgIpc) is 2.38. The van der Waals surface area contributed by atoms with E-state index >= 15 is 0 Å². The molecular weight excluding hydrogens is 275 g/mol. The van der Waals surface area contributed by atoms with Crippen molar-refractivity contribution in [1.29, 1.82) is 0 Å². The summed E-state index contributed by atoms with van der Waals surface area (Å²) in [6.45, 7) is 0.310. The maximum Gasteiger partial charge on any atom is 0.263 e. The molecule has 0 aliphatic heterocycles. The number of hydrogen-bond acceptors (Lipinski definition) is 1. The van der Waals surface area contributed by atoms with Crippen molar-refractivity contribution in [3.8, 4) is 0 Å². The second kappa shape index (κ2) is 5.97. The van der Waals surface area contributed by atoms with Crippen LogP contribution in [0, 0.1) is 5.82 Å². The van der Waals surface area contributed by atoms with Crippen LogP contribution in [-0.2, 0) is 6.54 Å². The molecule has 0 heterocycles. The van der Waals surface area contributed by atoms with Crippen LogP contribution in [-0.4, -0.2) is 0 Å². The van der Waals surface area contributed by atoms with Crippen LogP contribution >= 0.6 is 11.6 Å². The van der Waals surface area contributed by atoms with E-state index in [0.717, 1.165) is 5.56 Å². The summed E-state index contributed by atoms with van der Waals surface area (Å²) in [4.78, 5) is 0. The van der Waals surface area contributed by atoms with Gasteiger partial charge in [0.2, 0.25) is 0 Å². The van der Waals surface area contributed by atoms with Gasteiger partial charge in [-0.2, -0.15) is 0 Å². The highest BCUT2D eigenvalue weighted by atomic mass is 35.5. The summed E-state index contributed by atoms with van der Waals surface area (Å²) in [5.41, 5.74) is 0.943. The lowest BCUT2D eigenvalue weighted by Gasteiger charge is -2.10. The Morgan fingerprint density at radius 2 is 1.74 bits per heavy atom. The van der Waals surface area contributed by atoms with Gasteiger partial charge in [0.15, 0.2) is 0 Å². The molecule has 1 N–H and O–H groups in total. The van der Waals surface area contributed by atoms with Gasteiger partial charge in [0.25, 0.3) is 6.43 Å². The average molecular weight is 286 g/mol. The Bertz CT molecular complexity index is 535. The third-order valence-electron chi connectivity index (χ3n) is 2.66. The first-order valence-corrected chi connectivity index (χ1v) is 6.00. The quantitative estimate of drug-likeness (QED) is 0.831. The van der Waals surface area contributed by atoms with Crippen LogP contribution in [0.5, 0.6) is 0 Å². The van der Waals surface area contributed by atoms with Gasteiger partial charge < -0.3 is 5.32 Å². The van der Waals surface area contributed by atoms with Gasteiger partial charge in [-0.1, -0.05) is 41.9 Å². The summed E-state index contributed by atoms with van der Waals surface area (Å²) in [5.74, 6) is -0.447. The molecule has 100 valence electrons. The van der Waals surface area contributed by atoms with Crippen LogP contribution in [0.1, 0.15) is 17.6 Å². The summed E-state index contributed by atoms with van der Waals surface area (Å²) < 4.78 is 38.2. The van der Waals surface area contributed by atoms with Gasteiger partial charge in [0.1, 0.15) is 5.82 Å².